The molecule has 134 valence electrons. The summed E-state index contributed by atoms with van der Waals surface area (Å²) < 4.78 is 38.0. The van der Waals surface area contributed by atoms with Gasteiger partial charge in [0.05, 0.1) is 11.1 Å². The van der Waals surface area contributed by atoms with Gasteiger partial charge in [0.15, 0.2) is 11.6 Å². The van der Waals surface area contributed by atoms with Crippen molar-refractivity contribution in [3.8, 4) is 5.75 Å². The molecule has 0 aromatic heterocycles. The highest BCUT2D eigenvalue weighted by Gasteiger charge is 2.27. The summed E-state index contributed by atoms with van der Waals surface area (Å²) in [6.07, 6.45) is 1.16. The lowest BCUT2D eigenvalue weighted by atomic mass is 9.98. The van der Waals surface area contributed by atoms with Crippen molar-refractivity contribution in [2.45, 2.75) is 39.2 Å². The van der Waals surface area contributed by atoms with Crippen LogP contribution in [0.15, 0.2) is 16.6 Å². The Balaban J connectivity index is 1.81. The van der Waals surface area contributed by atoms with E-state index in [1.54, 1.807) is 4.90 Å². The molecule has 1 saturated heterocycles. The van der Waals surface area contributed by atoms with E-state index in [2.05, 4.69) is 15.9 Å². The molecule has 1 amide bonds. The molecule has 4 nitrogen and oxygen atoms in total. The third kappa shape index (κ3) is 5.33. The fourth-order valence-corrected chi connectivity index (χ4v) is 2.75. The summed E-state index contributed by atoms with van der Waals surface area (Å²) in [6.45, 7) is 6.92. The number of piperidine rings is 1. The number of halogens is 3. The standard InChI is InChI=1S/C17H22BrF2NO3/c1-17(2,3)24-16(22)21-6-4-11(5-7-21)10-23-15-9-13(19)12(18)8-14(15)20/h8-9,11H,4-7,10H2,1-3H3. The third-order valence-electron chi connectivity index (χ3n) is 3.72. The Hall–Kier alpha value is -1.37. The second-order valence-corrected chi connectivity index (χ2v) is 7.77. The number of hydrogen-bond acceptors (Lipinski definition) is 3. The average Bonchev–Trinajstić information content (AvgIpc) is 2.48. The number of rotatable bonds is 3. The highest BCUT2D eigenvalue weighted by molar-refractivity contribution is 9.10. The number of hydrogen-bond donors (Lipinski definition) is 0. The first-order chi connectivity index (χ1) is 11.2. The van der Waals surface area contributed by atoms with Crippen LogP contribution in [0.25, 0.3) is 0 Å². The summed E-state index contributed by atoms with van der Waals surface area (Å²) in [5.41, 5.74) is -0.514. The van der Waals surface area contributed by atoms with Crippen molar-refractivity contribution in [1.82, 2.24) is 4.90 Å². The van der Waals surface area contributed by atoms with Crippen LogP contribution in [-0.4, -0.2) is 36.3 Å². The summed E-state index contributed by atoms with van der Waals surface area (Å²) in [5, 5.41) is 0. The number of likely N-dealkylation sites (tertiary alicyclic amines) is 1. The number of benzene rings is 1. The minimum Gasteiger partial charge on any atom is -0.490 e. The molecular weight excluding hydrogens is 384 g/mol. The quantitative estimate of drug-likeness (QED) is 0.680. The van der Waals surface area contributed by atoms with E-state index in [9.17, 15) is 13.6 Å². The van der Waals surface area contributed by atoms with Crippen LogP contribution in [0, 0.1) is 17.6 Å². The monoisotopic (exact) mass is 405 g/mol. The fraction of sp³-hybridized carbons (Fsp3) is 0.588. The summed E-state index contributed by atoms with van der Waals surface area (Å²) in [6, 6.07) is 2.09. The van der Waals surface area contributed by atoms with Crippen LogP contribution >= 0.6 is 15.9 Å². The maximum atomic E-state index is 13.7. The van der Waals surface area contributed by atoms with Gasteiger partial charge < -0.3 is 14.4 Å². The smallest absolute Gasteiger partial charge is 0.410 e. The van der Waals surface area contributed by atoms with Crippen LogP contribution in [0.5, 0.6) is 5.75 Å². The van der Waals surface area contributed by atoms with Gasteiger partial charge in [0, 0.05) is 19.2 Å². The normalized spacial score (nSPS) is 16.2. The topological polar surface area (TPSA) is 38.8 Å². The maximum absolute atomic E-state index is 13.7. The number of carbonyl (C=O) groups is 1. The molecule has 1 heterocycles. The Morgan fingerprint density at radius 3 is 2.46 bits per heavy atom. The average molecular weight is 406 g/mol. The van der Waals surface area contributed by atoms with Crippen LogP contribution in [0.1, 0.15) is 33.6 Å². The Labute approximate surface area is 149 Å². The van der Waals surface area contributed by atoms with E-state index < -0.39 is 17.2 Å². The van der Waals surface area contributed by atoms with Gasteiger partial charge in [-0.3, -0.25) is 0 Å². The van der Waals surface area contributed by atoms with E-state index in [1.165, 1.54) is 0 Å². The maximum Gasteiger partial charge on any atom is 0.410 e. The van der Waals surface area contributed by atoms with Gasteiger partial charge in [-0.1, -0.05) is 0 Å². The van der Waals surface area contributed by atoms with Crippen molar-refractivity contribution in [3.05, 3.63) is 28.2 Å². The molecule has 0 N–H and O–H groups in total. The molecule has 0 aliphatic carbocycles. The molecule has 0 radical (unpaired) electrons. The molecule has 0 atom stereocenters. The van der Waals surface area contributed by atoms with E-state index in [-0.39, 0.29) is 22.2 Å². The molecule has 1 aliphatic rings. The van der Waals surface area contributed by atoms with Gasteiger partial charge in [-0.05, 0) is 61.5 Å². The molecule has 1 aromatic carbocycles. The molecule has 0 spiro atoms. The van der Waals surface area contributed by atoms with Gasteiger partial charge in [0.25, 0.3) is 0 Å². The van der Waals surface area contributed by atoms with E-state index in [0.29, 0.717) is 19.7 Å². The van der Waals surface area contributed by atoms with Crippen LogP contribution in [0.3, 0.4) is 0 Å². The number of carbonyl (C=O) groups excluding carboxylic acids is 1. The van der Waals surface area contributed by atoms with Gasteiger partial charge in [0.1, 0.15) is 11.4 Å². The zero-order valence-electron chi connectivity index (χ0n) is 14.1. The number of nitrogens with zero attached hydrogens (tertiary/aromatic N) is 1. The van der Waals surface area contributed by atoms with E-state index >= 15 is 0 Å². The fourth-order valence-electron chi connectivity index (χ4n) is 2.43. The third-order valence-corrected chi connectivity index (χ3v) is 4.32. The molecule has 7 heteroatoms. The Bertz CT molecular complexity index is 596. The van der Waals surface area contributed by atoms with Crippen molar-refractivity contribution >= 4 is 22.0 Å². The molecule has 24 heavy (non-hydrogen) atoms. The molecular formula is C17H22BrF2NO3. The molecule has 0 bridgehead atoms. The minimum atomic E-state index is -0.602. The van der Waals surface area contributed by atoms with E-state index in [4.69, 9.17) is 9.47 Å². The van der Waals surface area contributed by atoms with E-state index in [1.807, 2.05) is 20.8 Å². The van der Waals surface area contributed by atoms with Crippen molar-refractivity contribution in [3.63, 3.8) is 0 Å². The second kappa shape index (κ2) is 7.68. The van der Waals surface area contributed by atoms with E-state index in [0.717, 1.165) is 25.0 Å². The van der Waals surface area contributed by atoms with Gasteiger partial charge in [-0.15, -0.1) is 0 Å². The first kappa shape index (κ1) is 19.0. The summed E-state index contributed by atoms with van der Waals surface area (Å²) in [7, 11) is 0. The molecule has 1 aliphatic heterocycles. The van der Waals surface area contributed by atoms with Gasteiger partial charge >= 0.3 is 6.09 Å². The van der Waals surface area contributed by atoms with Crippen LogP contribution < -0.4 is 4.74 Å². The largest absolute Gasteiger partial charge is 0.490 e. The lowest BCUT2D eigenvalue weighted by Crippen LogP contribution is -2.42. The number of amides is 1. The molecule has 1 aromatic rings. The Morgan fingerprint density at radius 1 is 1.25 bits per heavy atom. The highest BCUT2D eigenvalue weighted by Crippen LogP contribution is 2.27. The highest BCUT2D eigenvalue weighted by atomic mass is 79.9. The summed E-state index contributed by atoms with van der Waals surface area (Å²) >= 11 is 2.93. The minimum absolute atomic E-state index is 0.0676. The summed E-state index contributed by atoms with van der Waals surface area (Å²) in [4.78, 5) is 13.7. The first-order valence-electron chi connectivity index (χ1n) is 7.91. The van der Waals surface area contributed by atoms with Gasteiger partial charge in [-0.2, -0.15) is 0 Å². The number of ether oxygens (including phenoxy) is 2. The Morgan fingerprint density at radius 2 is 1.88 bits per heavy atom. The Kier molecular flexibility index (Phi) is 6.06. The molecule has 2 rings (SSSR count). The zero-order chi connectivity index (χ0) is 17.9. The van der Waals surface area contributed by atoms with Gasteiger partial charge in [-0.25, -0.2) is 13.6 Å². The van der Waals surface area contributed by atoms with Crippen LogP contribution in [-0.2, 0) is 4.74 Å². The second-order valence-electron chi connectivity index (χ2n) is 6.92. The van der Waals surface area contributed by atoms with Crippen molar-refractivity contribution in [1.29, 1.82) is 0 Å². The predicted molar refractivity (Wildman–Crippen MR) is 90.1 cm³/mol. The zero-order valence-corrected chi connectivity index (χ0v) is 15.7. The molecule has 1 fully saturated rings. The van der Waals surface area contributed by atoms with Crippen LogP contribution in [0.2, 0.25) is 0 Å². The lowest BCUT2D eigenvalue weighted by Gasteiger charge is -2.33. The molecule has 0 saturated carbocycles. The predicted octanol–water partition coefficient (Wildman–Crippen LogP) is 4.75. The SMILES string of the molecule is CC(C)(C)OC(=O)N1CCC(COc2cc(F)c(Br)cc2F)CC1. The lowest BCUT2D eigenvalue weighted by molar-refractivity contribution is 0.0164. The molecule has 0 unspecified atom stereocenters. The first-order valence-corrected chi connectivity index (χ1v) is 8.70. The summed E-state index contributed by atoms with van der Waals surface area (Å²) in [5.74, 6) is -1.07. The van der Waals surface area contributed by atoms with Gasteiger partial charge in [0.2, 0.25) is 0 Å². The van der Waals surface area contributed by atoms with Crippen molar-refractivity contribution in [2.24, 2.45) is 5.92 Å². The van der Waals surface area contributed by atoms with Crippen LogP contribution in [0.4, 0.5) is 13.6 Å². The van der Waals surface area contributed by atoms with Crippen molar-refractivity contribution < 1.29 is 23.0 Å². The van der Waals surface area contributed by atoms with Crippen molar-refractivity contribution in [2.75, 3.05) is 19.7 Å².